The molecule has 0 unspecified atom stereocenters. The summed E-state index contributed by atoms with van der Waals surface area (Å²) in [5, 5.41) is 3.12. The second-order valence-corrected chi connectivity index (χ2v) is 6.50. The standard InChI is InChI=1S/C23H23N3O4/c1-15-12-16(2)25-23(24-15)26-18-6-5-7-19(14-18)30-22(27)11-9-17-8-10-20(28-3)21(13-17)29-4/h5-14H,1-4H3,(H,24,25,26)/b11-9+. The topological polar surface area (TPSA) is 82.6 Å². The van der Waals surface area contributed by atoms with Gasteiger partial charge in [0.25, 0.3) is 0 Å². The van der Waals surface area contributed by atoms with Gasteiger partial charge in [0.15, 0.2) is 11.5 Å². The number of hydrogen-bond donors (Lipinski definition) is 1. The molecular weight excluding hydrogens is 382 g/mol. The van der Waals surface area contributed by atoms with Gasteiger partial charge in [-0.15, -0.1) is 0 Å². The monoisotopic (exact) mass is 405 g/mol. The number of methoxy groups -OCH3 is 2. The molecule has 3 aromatic rings. The number of rotatable bonds is 7. The van der Waals surface area contributed by atoms with E-state index in [0.717, 1.165) is 17.0 Å². The van der Waals surface area contributed by atoms with Gasteiger partial charge in [-0.3, -0.25) is 0 Å². The van der Waals surface area contributed by atoms with Crippen molar-refractivity contribution in [2.45, 2.75) is 13.8 Å². The Kier molecular flexibility index (Phi) is 6.64. The summed E-state index contributed by atoms with van der Waals surface area (Å²) in [7, 11) is 3.13. The van der Waals surface area contributed by atoms with Crippen LogP contribution in [0.3, 0.4) is 0 Å². The third-order valence-corrected chi connectivity index (χ3v) is 4.11. The summed E-state index contributed by atoms with van der Waals surface area (Å²) >= 11 is 0. The Morgan fingerprint density at radius 1 is 0.933 bits per heavy atom. The molecule has 0 spiro atoms. The summed E-state index contributed by atoms with van der Waals surface area (Å²) in [4.78, 5) is 20.9. The van der Waals surface area contributed by atoms with Gasteiger partial charge in [-0.25, -0.2) is 14.8 Å². The van der Waals surface area contributed by atoms with Crippen LogP contribution in [0.1, 0.15) is 17.0 Å². The SMILES string of the molecule is COc1ccc(/C=C/C(=O)Oc2cccc(Nc3nc(C)cc(C)n3)c2)cc1OC. The molecule has 7 heteroatoms. The van der Waals surface area contributed by atoms with Gasteiger partial charge in [0.1, 0.15) is 5.75 Å². The summed E-state index contributed by atoms with van der Waals surface area (Å²) in [6.45, 7) is 3.81. The van der Waals surface area contributed by atoms with Crippen LogP contribution in [-0.2, 0) is 4.79 Å². The second kappa shape index (κ2) is 9.56. The lowest BCUT2D eigenvalue weighted by Crippen LogP contribution is -2.04. The third-order valence-electron chi connectivity index (χ3n) is 4.11. The molecule has 0 radical (unpaired) electrons. The molecule has 0 aliphatic heterocycles. The summed E-state index contributed by atoms with van der Waals surface area (Å²) in [5.74, 6) is 1.61. The Labute approximate surface area is 175 Å². The van der Waals surface area contributed by atoms with Crippen molar-refractivity contribution in [1.82, 2.24) is 9.97 Å². The summed E-state index contributed by atoms with van der Waals surface area (Å²) < 4.78 is 15.9. The van der Waals surface area contributed by atoms with Crippen molar-refractivity contribution >= 4 is 23.7 Å². The molecule has 3 rings (SSSR count). The maximum atomic E-state index is 12.2. The smallest absolute Gasteiger partial charge is 0.336 e. The predicted molar refractivity (Wildman–Crippen MR) is 115 cm³/mol. The average Bonchev–Trinajstić information content (AvgIpc) is 2.71. The van der Waals surface area contributed by atoms with Crippen LogP contribution in [0.15, 0.2) is 54.6 Å². The van der Waals surface area contributed by atoms with Crippen molar-refractivity contribution in [3.05, 3.63) is 71.6 Å². The molecule has 1 aromatic heterocycles. The van der Waals surface area contributed by atoms with Crippen molar-refractivity contribution in [1.29, 1.82) is 0 Å². The molecule has 0 bridgehead atoms. The number of aromatic nitrogens is 2. The zero-order valence-corrected chi connectivity index (χ0v) is 17.3. The maximum absolute atomic E-state index is 12.2. The Morgan fingerprint density at radius 3 is 2.37 bits per heavy atom. The molecule has 154 valence electrons. The van der Waals surface area contributed by atoms with Crippen molar-refractivity contribution in [3.8, 4) is 17.2 Å². The van der Waals surface area contributed by atoms with Crippen molar-refractivity contribution < 1.29 is 19.0 Å². The fraction of sp³-hybridized carbons (Fsp3) is 0.174. The van der Waals surface area contributed by atoms with Gasteiger partial charge in [0.05, 0.1) is 14.2 Å². The van der Waals surface area contributed by atoms with Crippen LogP contribution in [0.4, 0.5) is 11.6 Å². The first-order valence-corrected chi connectivity index (χ1v) is 9.28. The number of hydrogen-bond acceptors (Lipinski definition) is 7. The van der Waals surface area contributed by atoms with E-state index in [9.17, 15) is 4.79 Å². The molecule has 2 aromatic carbocycles. The van der Waals surface area contributed by atoms with E-state index < -0.39 is 5.97 Å². The molecule has 0 saturated carbocycles. The van der Waals surface area contributed by atoms with Gasteiger partial charge in [-0.1, -0.05) is 12.1 Å². The van der Waals surface area contributed by atoms with Gasteiger partial charge in [-0.05, 0) is 55.8 Å². The number of nitrogens with one attached hydrogen (secondary N) is 1. The summed E-state index contributed by atoms with van der Waals surface area (Å²) in [5.41, 5.74) is 3.24. The highest BCUT2D eigenvalue weighted by Gasteiger charge is 2.06. The molecule has 0 aliphatic carbocycles. The van der Waals surface area contributed by atoms with Crippen LogP contribution in [0.25, 0.3) is 6.08 Å². The first-order valence-electron chi connectivity index (χ1n) is 9.28. The minimum Gasteiger partial charge on any atom is -0.493 e. The predicted octanol–water partition coefficient (Wildman–Crippen LogP) is 4.47. The fourth-order valence-electron chi connectivity index (χ4n) is 2.82. The van der Waals surface area contributed by atoms with Crippen LogP contribution in [0.5, 0.6) is 17.2 Å². The Bertz CT molecular complexity index is 1060. The van der Waals surface area contributed by atoms with E-state index in [1.54, 1.807) is 50.6 Å². The minimum atomic E-state index is -0.496. The highest BCUT2D eigenvalue weighted by Crippen LogP contribution is 2.28. The lowest BCUT2D eigenvalue weighted by Gasteiger charge is -2.08. The highest BCUT2D eigenvalue weighted by atomic mass is 16.5. The van der Waals surface area contributed by atoms with Gasteiger partial charge >= 0.3 is 5.97 Å². The normalized spacial score (nSPS) is 10.7. The number of benzene rings is 2. The molecule has 1 N–H and O–H groups in total. The summed E-state index contributed by atoms with van der Waals surface area (Å²) in [6.07, 6.45) is 3.00. The van der Waals surface area contributed by atoms with Crippen LogP contribution in [0, 0.1) is 13.8 Å². The first-order chi connectivity index (χ1) is 14.5. The molecule has 0 aliphatic rings. The highest BCUT2D eigenvalue weighted by molar-refractivity contribution is 5.89. The number of aryl methyl sites for hydroxylation is 2. The molecular formula is C23H23N3O4. The Balaban J connectivity index is 1.67. The van der Waals surface area contributed by atoms with E-state index in [-0.39, 0.29) is 0 Å². The van der Waals surface area contributed by atoms with E-state index >= 15 is 0 Å². The van der Waals surface area contributed by atoms with Gasteiger partial charge in [0, 0.05) is 29.2 Å². The second-order valence-electron chi connectivity index (χ2n) is 6.50. The van der Waals surface area contributed by atoms with E-state index in [2.05, 4.69) is 15.3 Å². The Morgan fingerprint density at radius 2 is 1.67 bits per heavy atom. The molecule has 30 heavy (non-hydrogen) atoms. The number of carbonyl (C=O) groups is 1. The number of ether oxygens (including phenoxy) is 3. The van der Waals surface area contributed by atoms with E-state index in [4.69, 9.17) is 14.2 Å². The van der Waals surface area contributed by atoms with Crippen LogP contribution >= 0.6 is 0 Å². The molecule has 1 heterocycles. The van der Waals surface area contributed by atoms with E-state index in [0.29, 0.717) is 28.9 Å². The number of carbonyl (C=O) groups excluding carboxylic acids is 1. The lowest BCUT2D eigenvalue weighted by atomic mass is 10.2. The quantitative estimate of drug-likeness (QED) is 0.353. The molecule has 0 atom stereocenters. The molecule has 0 fully saturated rings. The maximum Gasteiger partial charge on any atom is 0.336 e. The number of anilines is 2. The summed E-state index contributed by atoms with van der Waals surface area (Å²) in [6, 6.07) is 14.3. The fourth-order valence-corrected chi connectivity index (χ4v) is 2.82. The largest absolute Gasteiger partial charge is 0.493 e. The molecule has 0 amide bonds. The lowest BCUT2D eigenvalue weighted by molar-refractivity contribution is -0.128. The van der Waals surface area contributed by atoms with Crippen molar-refractivity contribution in [3.63, 3.8) is 0 Å². The van der Waals surface area contributed by atoms with Crippen LogP contribution in [-0.4, -0.2) is 30.2 Å². The average molecular weight is 405 g/mol. The van der Waals surface area contributed by atoms with E-state index in [1.165, 1.54) is 6.08 Å². The molecule has 7 nitrogen and oxygen atoms in total. The zero-order chi connectivity index (χ0) is 21.5. The Hall–Kier alpha value is -3.87. The first kappa shape index (κ1) is 20.9. The van der Waals surface area contributed by atoms with Gasteiger partial charge < -0.3 is 19.5 Å². The van der Waals surface area contributed by atoms with Crippen molar-refractivity contribution in [2.75, 3.05) is 19.5 Å². The number of nitrogens with zero attached hydrogens (tertiary/aromatic N) is 2. The molecule has 0 saturated heterocycles. The van der Waals surface area contributed by atoms with Crippen LogP contribution in [0.2, 0.25) is 0 Å². The third kappa shape index (κ3) is 5.57. The van der Waals surface area contributed by atoms with Gasteiger partial charge in [0.2, 0.25) is 5.95 Å². The van der Waals surface area contributed by atoms with E-state index in [1.807, 2.05) is 32.0 Å². The minimum absolute atomic E-state index is 0.409. The number of esters is 1. The van der Waals surface area contributed by atoms with Crippen molar-refractivity contribution in [2.24, 2.45) is 0 Å². The van der Waals surface area contributed by atoms with Gasteiger partial charge in [-0.2, -0.15) is 0 Å². The zero-order valence-electron chi connectivity index (χ0n) is 17.3. The van der Waals surface area contributed by atoms with Crippen LogP contribution < -0.4 is 19.5 Å².